The van der Waals surface area contributed by atoms with Crippen molar-refractivity contribution in [1.29, 1.82) is 0 Å². The van der Waals surface area contributed by atoms with Crippen molar-refractivity contribution >= 4 is 11.6 Å². The lowest BCUT2D eigenvalue weighted by Gasteiger charge is -2.32. The lowest BCUT2D eigenvalue weighted by atomic mass is 9.86. The summed E-state index contributed by atoms with van der Waals surface area (Å²) in [6, 6.07) is 0. The first-order valence-corrected chi connectivity index (χ1v) is 23.0. The van der Waals surface area contributed by atoms with Crippen molar-refractivity contribution in [1.82, 2.24) is 0 Å². The summed E-state index contributed by atoms with van der Waals surface area (Å²) >= 11 is 0. The third-order valence-electron chi connectivity index (χ3n) is 8.89. The van der Waals surface area contributed by atoms with Crippen LogP contribution in [0.3, 0.4) is 0 Å². The summed E-state index contributed by atoms with van der Waals surface area (Å²) in [5.74, 6) is 1.41. The number of hydrogen-bond donors (Lipinski definition) is 3. The highest BCUT2D eigenvalue weighted by molar-refractivity contribution is 5.95. The molecule has 0 radical (unpaired) electrons. The maximum atomic E-state index is 10.6. The Morgan fingerprint density at radius 3 is 1.25 bits per heavy atom. The number of ether oxygens (including phenoxy) is 1. The molecule has 0 aliphatic heterocycles. The fourth-order valence-electron chi connectivity index (χ4n) is 4.90. The van der Waals surface area contributed by atoms with Gasteiger partial charge in [-0.3, -0.25) is 9.59 Å². The lowest BCUT2D eigenvalue weighted by Crippen LogP contribution is -2.37. The summed E-state index contributed by atoms with van der Waals surface area (Å²) in [4.78, 5) is 21.1. The fraction of sp³-hybridized carbons (Fsp3) is 0.840. The van der Waals surface area contributed by atoms with E-state index in [1.54, 1.807) is 19.1 Å². The number of hydrogen-bond acceptors (Lipinski definition) is 6. The number of ketones is 2. The van der Waals surface area contributed by atoms with Crippen molar-refractivity contribution in [2.24, 2.45) is 23.7 Å². The second-order valence-electron chi connectivity index (χ2n) is 13.1. The third-order valence-corrected chi connectivity index (χ3v) is 8.89. The van der Waals surface area contributed by atoms with E-state index >= 15 is 0 Å². The summed E-state index contributed by atoms with van der Waals surface area (Å²) in [5.41, 5.74) is 0.685. The molecule has 0 amide bonds. The molecule has 344 valence electrons. The molecule has 6 atom stereocenters. The van der Waals surface area contributed by atoms with Crippen LogP contribution in [-0.4, -0.2) is 52.5 Å². The molecule has 6 unspecified atom stereocenters. The molecule has 0 aromatic carbocycles. The molecule has 0 fully saturated rings. The molecule has 0 aliphatic carbocycles. The molecular weight excluding hydrogens is 697 g/mol. The van der Waals surface area contributed by atoms with Crippen molar-refractivity contribution in [3.8, 4) is 0 Å². The minimum atomic E-state index is -0.700. The largest absolute Gasteiger partial charge is 0.400 e. The van der Waals surface area contributed by atoms with Crippen LogP contribution >= 0.6 is 0 Å². The predicted octanol–water partition coefficient (Wildman–Crippen LogP) is 15.3. The number of rotatable bonds is 24. The van der Waals surface area contributed by atoms with Crippen molar-refractivity contribution in [3.05, 3.63) is 37.5 Å². The number of carbonyl (C=O) groups is 2. The van der Waals surface area contributed by atoms with E-state index in [4.69, 9.17) is 9.84 Å². The number of aliphatic hydroxyl groups is 3. The lowest BCUT2D eigenvalue weighted by molar-refractivity contribution is -0.168. The SMILES string of the molecule is C=C.C=C/C(=C/C)C(C)=O.CC.CC.CC.CC.CC(=O)C(C)C(C)C.CCCCCCCCCCCCCC(OC(O)CCC)C(C)C(O)C(C)CC.CO. The van der Waals surface area contributed by atoms with E-state index in [0.29, 0.717) is 23.7 Å². The van der Waals surface area contributed by atoms with Gasteiger partial charge < -0.3 is 20.1 Å². The molecule has 6 heteroatoms. The first kappa shape index (κ1) is 75.3. The minimum absolute atomic E-state index is 0.0517. The third kappa shape index (κ3) is 59.1. The Kier molecular flexibility index (Phi) is 91.5. The van der Waals surface area contributed by atoms with Gasteiger partial charge in [0, 0.05) is 24.5 Å². The maximum Gasteiger partial charge on any atom is 0.159 e. The van der Waals surface area contributed by atoms with Crippen LogP contribution in [0.25, 0.3) is 0 Å². The molecule has 6 nitrogen and oxygen atoms in total. The molecule has 0 rings (SSSR count). The van der Waals surface area contributed by atoms with E-state index in [-0.39, 0.29) is 35.7 Å². The van der Waals surface area contributed by atoms with Gasteiger partial charge in [0.2, 0.25) is 0 Å². The van der Waals surface area contributed by atoms with Gasteiger partial charge in [0.1, 0.15) is 5.78 Å². The average molecular weight is 805 g/mol. The Labute approximate surface area is 354 Å². The topological polar surface area (TPSA) is 104 Å². The van der Waals surface area contributed by atoms with E-state index in [9.17, 15) is 19.8 Å². The van der Waals surface area contributed by atoms with E-state index in [1.807, 2.05) is 69.2 Å². The number of aliphatic hydroxyl groups excluding tert-OH is 3. The van der Waals surface area contributed by atoms with Crippen molar-refractivity contribution in [2.75, 3.05) is 7.11 Å². The van der Waals surface area contributed by atoms with Gasteiger partial charge in [0.25, 0.3) is 0 Å². The van der Waals surface area contributed by atoms with Crippen LogP contribution < -0.4 is 0 Å². The summed E-state index contributed by atoms with van der Waals surface area (Å²) in [7, 11) is 1.00. The second kappa shape index (κ2) is 68.1. The summed E-state index contributed by atoms with van der Waals surface area (Å²) in [6.07, 6.45) is 20.3. The molecule has 0 spiro atoms. The smallest absolute Gasteiger partial charge is 0.159 e. The molecule has 0 aliphatic rings. The van der Waals surface area contributed by atoms with Crippen molar-refractivity contribution in [3.63, 3.8) is 0 Å². The number of allylic oxidation sites excluding steroid dienone is 3. The Hall–Kier alpha value is -1.60. The predicted molar refractivity (Wildman–Crippen MR) is 256 cm³/mol. The highest BCUT2D eigenvalue weighted by Crippen LogP contribution is 2.26. The number of unbranched alkanes of at least 4 members (excludes halogenated alkanes) is 10. The van der Waals surface area contributed by atoms with Crippen LogP contribution in [0.1, 0.15) is 228 Å². The summed E-state index contributed by atoms with van der Waals surface area (Å²) in [6.45, 7) is 47.2. The summed E-state index contributed by atoms with van der Waals surface area (Å²) in [5, 5.41) is 27.7. The number of Topliss-reactive ketones (excluding diaryl/α,β-unsaturated/α-hetero) is 2. The average Bonchev–Trinajstić information content (AvgIpc) is 3.23. The van der Waals surface area contributed by atoms with Crippen LogP contribution in [0, 0.1) is 23.7 Å². The second-order valence-corrected chi connectivity index (χ2v) is 13.1. The molecule has 3 N–H and O–H groups in total. The molecule has 56 heavy (non-hydrogen) atoms. The van der Waals surface area contributed by atoms with E-state index in [0.717, 1.165) is 32.8 Å². The Bertz CT molecular complexity index is 733. The zero-order valence-electron chi connectivity index (χ0n) is 42.0. The van der Waals surface area contributed by atoms with Gasteiger partial charge in [0.15, 0.2) is 12.1 Å². The molecule has 0 saturated heterocycles. The molecule has 0 aromatic rings. The van der Waals surface area contributed by atoms with Crippen LogP contribution in [0.5, 0.6) is 0 Å². The monoisotopic (exact) mass is 805 g/mol. The first-order chi connectivity index (χ1) is 26.7. The van der Waals surface area contributed by atoms with Crippen LogP contribution in [0.15, 0.2) is 37.5 Å². The Balaban J connectivity index is -0.0000000918. The summed E-state index contributed by atoms with van der Waals surface area (Å²) < 4.78 is 5.96. The van der Waals surface area contributed by atoms with Gasteiger partial charge >= 0.3 is 0 Å². The quantitative estimate of drug-likeness (QED) is 0.0295. The van der Waals surface area contributed by atoms with Crippen molar-refractivity contribution < 1.29 is 29.6 Å². The molecule has 0 aromatic heterocycles. The minimum Gasteiger partial charge on any atom is -0.400 e. The highest BCUT2D eigenvalue weighted by Gasteiger charge is 2.29. The molecule has 0 heterocycles. The normalized spacial score (nSPS) is 12.8. The van der Waals surface area contributed by atoms with E-state index < -0.39 is 6.29 Å². The molecule has 0 bridgehead atoms. The standard InChI is InChI=1S/C25H52O3.C7H14O.C7H10O.4C2H6.C2H4.CH4O/c1-6-9-10-11-12-13-14-15-16-17-18-20-23(28-24(26)19-7-2)22(5)25(27)21(4)8-3;1-5(2)6(3)7(4)8;1-4-7(5-2)6(3)8;6*1-2/h21-27H,6-20H2,1-5H3;5-6H,1-4H3;4-5H,1H2,2-3H3;4*1-2H3;1-2H2;2H,1H3/b;;7-5-;;;;;;. The van der Waals surface area contributed by atoms with Crippen LogP contribution in [0.4, 0.5) is 0 Å². The molecule has 0 saturated carbocycles. The van der Waals surface area contributed by atoms with E-state index in [1.165, 1.54) is 71.1 Å². The van der Waals surface area contributed by atoms with Gasteiger partial charge in [-0.1, -0.05) is 213 Å². The Morgan fingerprint density at radius 1 is 0.643 bits per heavy atom. The van der Waals surface area contributed by atoms with E-state index in [2.05, 4.69) is 68.2 Å². The molecular formula is C50H108O6. The highest BCUT2D eigenvalue weighted by atomic mass is 16.6. The fourth-order valence-corrected chi connectivity index (χ4v) is 4.90. The first-order valence-electron chi connectivity index (χ1n) is 23.0. The maximum absolute atomic E-state index is 10.6. The van der Waals surface area contributed by atoms with Gasteiger partial charge in [-0.15, -0.1) is 13.2 Å². The Morgan fingerprint density at radius 2 is 1.02 bits per heavy atom. The van der Waals surface area contributed by atoms with Crippen LogP contribution in [-0.2, 0) is 14.3 Å². The zero-order valence-corrected chi connectivity index (χ0v) is 42.0. The zero-order chi connectivity index (χ0) is 46.5. The van der Waals surface area contributed by atoms with Gasteiger partial charge in [-0.2, -0.15) is 0 Å². The van der Waals surface area contributed by atoms with Gasteiger partial charge in [-0.05, 0) is 45.4 Å². The van der Waals surface area contributed by atoms with Crippen LogP contribution in [0.2, 0.25) is 0 Å². The van der Waals surface area contributed by atoms with Gasteiger partial charge in [-0.25, -0.2) is 0 Å². The number of carbonyl (C=O) groups excluding carboxylic acids is 2. The van der Waals surface area contributed by atoms with Crippen molar-refractivity contribution in [2.45, 2.75) is 246 Å². The van der Waals surface area contributed by atoms with Gasteiger partial charge in [0.05, 0.1) is 12.2 Å².